The van der Waals surface area contributed by atoms with Crippen molar-refractivity contribution in [3.05, 3.63) is 18.1 Å². The fourth-order valence-corrected chi connectivity index (χ4v) is 2.29. The van der Waals surface area contributed by atoms with E-state index in [1.165, 1.54) is 25.7 Å². The Hall–Kier alpha value is -1.16. The van der Waals surface area contributed by atoms with Crippen molar-refractivity contribution in [2.24, 2.45) is 5.92 Å². The second-order valence-electron chi connectivity index (χ2n) is 4.85. The van der Waals surface area contributed by atoms with Gasteiger partial charge in [0.2, 0.25) is 0 Å². The van der Waals surface area contributed by atoms with Gasteiger partial charge in [-0.3, -0.25) is 4.98 Å². The Balaban J connectivity index is 1.80. The minimum absolute atomic E-state index is 0.407. The highest BCUT2D eigenvalue weighted by atomic mass is 16.5. The standard InChI is InChI=1S/C13H21N3O/c1-10-4-3-5-12(6-10)17-9-11-7-16-13(14-2)8-15-11/h7-8,10,12H,3-6,9H2,1-2H3,(H,14,16). The molecule has 94 valence electrons. The van der Waals surface area contributed by atoms with Gasteiger partial charge in [0.15, 0.2) is 0 Å². The van der Waals surface area contributed by atoms with Crippen molar-refractivity contribution in [3.63, 3.8) is 0 Å². The van der Waals surface area contributed by atoms with Crippen molar-refractivity contribution in [2.45, 2.75) is 45.3 Å². The molecule has 1 aliphatic rings. The highest BCUT2D eigenvalue weighted by molar-refractivity contribution is 5.29. The van der Waals surface area contributed by atoms with E-state index < -0.39 is 0 Å². The fourth-order valence-electron chi connectivity index (χ4n) is 2.29. The van der Waals surface area contributed by atoms with E-state index in [9.17, 15) is 0 Å². The summed E-state index contributed by atoms with van der Waals surface area (Å²) in [4.78, 5) is 8.53. The Bertz CT molecular complexity index is 339. The molecule has 1 aromatic heterocycles. The van der Waals surface area contributed by atoms with E-state index in [0.29, 0.717) is 12.7 Å². The van der Waals surface area contributed by atoms with Gasteiger partial charge in [-0.15, -0.1) is 0 Å². The lowest BCUT2D eigenvalue weighted by atomic mass is 9.89. The van der Waals surface area contributed by atoms with Crippen LogP contribution in [0.2, 0.25) is 0 Å². The zero-order valence-electron chi connectivity index (χ0n) is 10.6. The predicted octanol–water partition coefficient (Wildman–Crippen LogP) is 2.61. The van der Waals surface area contributed by atoms with Crippen LogP contribution in [0.5, 0.6) is 0 Å². The summed E-state index contributed by atoms with van der Waals surface area (Å²) in [6.45, 7) is 2.88. The molecule has 0 aromatic carbocycles. The number of aromatic nitrogens is 2. The quantitative estimate of drug-likeness (QED) is 0.871. The molecule has 17 heavy (non-hydrogen) atoms. The van der Waals surface area contributed by atoms with Gasteiger partial charge in [0.05, 0.1) is 30.8 Å². The van der Waals surface area contributed by atoms with Gasteiger partial charge in [0, 0.05) is 7.05 Å². The Kier molecular flexibility index (Phi) is 4.31. The van der Waals surface area contributed by atoms with Crippen LogP contribution in [0.15, 0.2) is 12.4 Å². The van der Waals surface area contributed by atoms with Gasteiger partial charge in [0.1, 0.15) is 5.82 Å². The summed E-state index contributed by atoms with van der Waals surface area (Å²) < 4.78 is 5.89. The monoisotopic (exact) mass is 235 g/mol. The molecular weight excluding hydrogens is 214 g/mol. The first-order chi connectivity index (χ1) is 8.28. The van der Waals surface area contributed by atoms with Crippen LogP contribution in [0.3, 0.4) is 0 Å². The molecule has 1 saturated carbocycles. The average molecular weight is 235 g/mol. The highest BCUT2D eigenvalue weighted by Crippen LogP contribution is 2.26. The zero-order valence-corrected chi connectivity index (χ0v) is 10.6. The van der Waals surface area contributed by atoms with Gasteiger partial charge in [-0.1, -0.05) is 19.8 Å². The molecule has 2 atom stereocenters. The van der Waals surface area contributed by atoms with E-state index in [2.05, 4.69) is 22.2 Å². The molecule has 0 saturated heterocycles. The maximum absolute atomic E-state index is 5.89. The lowest BCUT2D eigenvalue weighted by Gasteiger charge is -2.26. The normalized spacial score (nSPS) is 24.6. The SMILES string of the molecule is CNc1cnc(COC2CCCC(C)C2)cn1. The molecule has 2 rings (SSSR count). The molecule has 1 N–H and O–H groups in total. The van der Waals surface area contributed by atoms with E-state index >= 15 is 0 Å². The van der Waals surface area contributed by atoms with Crippen LogP contribution in [-0.2, 0) is 11.3 Å². The molecular formula is C13H21N3O. The predicted molar refractivity (Wildman–Crippen MR) is 67.8 cm³/mol. The fraction of sp³-hybridized carbons (Fsp3) is 0.692. The van der Waals surface area contributed by atoms with Gasteiger partial charge in [-0.25, -0.2) is 4.98 Å². The number of hydrogen-bond acceptors (Lipinski definition) is 4. The first kappa shape index (κ1) is 12.3. The van der Waals surface area contributed by atoms with Crippen LogP contribution in [-0.4, -0.2) is 23.1 Å². The van der Waals surface area contributed by atoms with Crippen LogP contribution in [0, 0.1) is 5.92 Å². The molecule has 2 unspecified atom stereocenters. The first-order valence-electron chi connectivity index (χ1n) is 6.38. The first-order valence-corrected chi connectivity index (χ1v) is 6.38. The maximum Gasteiger partial charge on any atom is 0.144 e. The third-order valence-corrected chi connectivity index (χ3v) is 3.32. The largest absolute Gasteiger partial charge is 0.372 e. The van der Waals surface area contributed by atoms with Gasteiger partial charge >= 0.3 is 0 Å². The number of nitrogens with zero attached hydrogens (tertiary/aromatic N) is 2. The Morgan fingerprint density at radius 2 is 2.24 bits per heavy atom. The summed E-state index contributed by atoms with van der Waals surface area (Å²) in [6.07, 6.45) is 8.92. The highest BCUT2D eigenvalue weighted by Gasteiger charge is 2.19. The molecule has 1 fully saturated rings. The van der Waals surface area contributed by atoms with E-state index in [0.717, 1.165) is 17.4 Å². The second-order valence-corrected chi connectivity index (χ2v) is 4.85. The summed E-state index contributed by atoms with van der Waals surface area (Å²) >= 11 is 0. The molecule has 1 heterocycles. The maximum atomic E-state index is 5.89. The molecule has 1 aromatic rings. The van der Waals surface area contributed by atoms with Crippen LogP contribution >= 0.6 is 0 Å². The molecule has 4 heteroatoms. The van der Waals surface area contributed by atoms with Gasteiger partial charge < -0.3 is 10.1 Å². The van der Waals surface area contributed by atoms with Crippen molar-refractivity contribution in [3.8, 4) is 0 Å². The number of nitrogens with one attached hydrogen (secondary N) is 1. The second kappa shape index (κ2) is 5.96. The number of anilines is 1. The average Bonchev–Trinajstić information content (AvgIpc) is 2.37. The summed E-state index contributed by atoms with van der Waals surface area (Å²) in [5, 5.41) is 2.95. The smallest absolute Gasteiger partial charge is 0.144 e. The third-order valence-electron chi connectivity index (χ3n) is 3.32. The summed E-state index contributed by atoms with van der Waals surface area (Å²) in [7, 11) is 1.84. The summed E-state index contributed by atoms with van der Waals surface area (Å²) in [5.41, 5.74) is 0.905. The molecule has 4 nitrogen and oxygen atoms in total. The minimum atomic E-state index is 0.407. The van der Waals surface area contributed by atoms with Crippen LogP contribution in [0.1, 0.15) is 38.3 Å². The van der Waals surface area contributed by atoms with Gasteiger partial charge in [0.25, 0.3) is 0 Å². The number of hydrogen-bond donors (Lipinski definition) is 1. The zero-order chi connectivity index (χ0) is 12.1. The van der Waals surface area contributed by atoms with Crippen molar-refractivity contribution in [1.29, 1.82) is 0 Å². The molecule has 0 amide bonds. The summed E-state index contributed by atoms with van der Waals surface area (Å²) in [5.74, 6) is 1.59. The number of rotatable bonds is 4. The van der Waals surface area contributed by atoms with E-state index in [-0.39, 0.29) is 0 Å². The Morgan fingerprint density at radius 1 is 1.35 bits per heavy atom. The van der Waals surface area contributed by atoms with Crippen LogP contribution < -0.4 is 5.32 Å². The molecule has 1 aliphatic carbocycles. The van der Waals surface area contributed by atoms with Crippen molar-refractivity contribution >= 4 is 5.82 Å². The summed E-state index contributed by atoms with van der Waals surface area (Å²) in [6, 6.07) is 0. The topological polar surface area (TPSA) is 47.0 Å². The molecule has 0 bridgehead atoms. The van der Waals surface area contributed by atoms with Gasteiger partial charge in [-0.2, -0.15) is 0 Å². The van der Waals surface area contributed by atoms with E-state index in [4.69, 9.17) is 4.74 Å². The Morgan fingerprint density at radius 3 is 2.88 bits per heavy atom. The minimum Gasteiger partial charge on any atom is -0.372 e. The lowest BCUT2D eigenvalue weighted by Crippen LogP contribution is -2.21. The van der Waals surface area contributed by atoms with Crippen LogP contribution in [0.4, 0.5) is 5.82 Å². The van der Waals surface area contributed by atoms with Crippen molar-refractivity contribution in [2.75, 3.05) is 12.4 Å². The molecule has 0 aliphatic heterocycles. The lowest BCUT2D eigenvalue weighted by molar-refractivity contribution is 0.00310. The number of ether oxygens (including phenoxy) is 1. The van der Waals surface area contributed by atoms with Crippen LogP contribution in [0.25, 0.3) is 0 Å². The molecule has 0 radical (unpaired) electrons. The Labute approximate surface area is 103 Å². The van der Waals surface area contributed by atoms with Crippen molar-refractivity contribution in [1.82, 2.24) is 9.97 Å². The van der Waals surface area contributed by atoms with E-state index in [1.807, 2.05) is 7.05 Å². The van der Waals surface area contributed by atoms with Crippen molar-refractivity contribution < 1.29 is 4.74 Å². The van der Waals surface area contributed by atoms with E-state index in [1.54, 1.807) is 12.4 Å². The molecule has 0 spiro atoms. The van der Waals surface area contributed by atoms with Gasteiger partial charge in [-0.05, 0) is 18.8 Å². The third kappa shape index (κ3) is 3.66.